The number of carbonyl (C=O) groups excluding carboxylic acids is 4. The summed E-state index contributed by atoms with van der Waals surface area (Å²) in [7, 11) is 0. The summed E-state index contributed by atoms with van der Waals surface area (Å²) in [6.45, 7) is -0.296. The highest BCUT2D eigenvalue weighted by atomic mass is 16.5. The largest absolute Gasteiger partial charge is 0.445 e. The van der Waals surface area contributed by atoms with E-state index in [1.165, 1.54) is 0 Å². The van der Waals surface area contributed by atoms with Crippen molar-refractivity contribution in [3.05, 3.63) is 108 Å². The molecule has 0 fully saturated rings. The van der Waals surface area contributed by atoms with Gasteiger partial charge in [-0.2, -0.15) is 0 Å². The van der Waals surface area contributed by atoms with Gasteiger partial charge in [0.05, 0.1) is 6.04 Å². The van der Waals surface area contributed by atoms with Crippen LogP contribution in [0.25, 0.3) is 0 Å². The van der Waals surface area contributed by atoms with Gasteiger partial charge in [0, 0.05) is 6.42 Å². The first-order valence-electron chi connectivity index (χ1n) is 11.6. The van der Waals surface area contributed by atoms with E-state index in [4.69, 9.17) is 4.74 Å². The molecule has 3 aromatic rings. The minimum Gasteiger partial charge on any atom is -0.445 e. The lowest BCUT2D eigenvalue weighted by Gasteiger charge is -2.21. The van der Waals surface area contributed by atoms with E-state index in [0.717, 1.165) is 16.7 Å². The molecular weight excluding hydrogens is 458 g/mol. The van der Waals surface area contributed by atoms with Crippen molar-refractivity contribution in [3.63, 3.8) is 0 Å². The molecule has 3 aromatic carbocycles. The van der Waals surface area contributed by atoms with Gasteiger partial charge < -0.3 is 25.5 Å². The molecule has 8 nitrogen and oxygen atoms in total. The van der Waals surface area contributed by atoms with Gasteiger partial charge in [0.25, 0.3) is 0 Å². The van der Waals surface area contributed by atoms with E-state index in [2.05, 4.69) is 16.0 Å². The van der Waals surface area contributed by atoms with Gasteiger partial charge in [-0.3, -0.25) is 9.59 Å². The van der Waals surface area contributed by atoms with Crippen molar-refractivity contribution in [2.45, 2.75) is 31.5 Å². The quantitative estimate of drug-likeness (QED) is 0.340. The normalized spacial score (nSPS) is 12.0. The minimum absolute atomic E-state index is 0.0713. The topological polar surface area (TPSA) is 114 Å². The zero-order valence-electron chi connectivity index (χ0n) is 19.8. The summed E-state index contributed by atoms with van der Waals surface area (Å²) in [6.07, 6.45) is 0.475. The number of alkyl carbamates (subject to hydrolysis) is 1. The number of hydrogen-bond acceptors (Lipinski definition) is 5. The average Bonchev–Trinajstić information content (AvgIpc) is 2.91. The predicted octanol–water partition coefficient (Wildman–Crippen LogP) is 2.57. The molecule has 8 heteroatoms. The third kappa shape index (κ3) is 9.06. The van der Waals surface area contributed by atoms with E-state index in [1.807, 2.05) is 91.0 Å². The molecule has 3 amide bonds. The van der Waals surface area contributed by atoms with Gasteiger partial charge in [0.1, 0.15) is 25.5 Å². The molecule has 0 bridgehead atoms. The van der Waals surface area contributed by atoms with Crippen LogP contribution in [-0.4, -0.2) is 42.8 Å². The molecular formula is C28H29N3O5. The van der Waals surface area contributed by atoms with Crippen molar-refractivity contribution in [3.8, 4) is 0 Å². The second-order valence-electron chi connectivity index (χ2n) is 8.17. The van der Waals surface area contributed by atoms with E-state index < -0.39 is 30.0 Å². The molecule has 0 saturated carbocycles. The van der Waals surface area contributed by atoms with Gasteiger partial charge in [-0.1, -0.05) is 91.0 Å². The van der Waals surface area contributed by atoms with Gasteiger partial charge >= 0.3 is 6.09 Å². The number of aldehydes is 1. The lowest BCUT2D eigenvalue weighted by atomic mass is 10.0. The van der Waals surface area contributed by atoms with Crippen LogP contribution in [0.5, 0.6) is 0 Å². The van der Waals surface area contributed by atoms with Crippen molar-refractivity contribution < 1.29 is 23.9 Å². The maximum Gasteiger partial charge on any atom is 0.407 e. The molecule has 0 aliphatic carbocycles. The van der Waals surface area contributed by atoms with Crippen molar-refractivity contribution in [2.24, 2.45) is 0 Å². The molecule has 2 atom stereocenters. The SMILES string of the molecule is O=CC(Cc1ccccc1)NC(=O)C(Cc1ccccc1)NC(=O)CNC(=O)OCc1ccccc1. The number of amides is 3. The summed E-state index contributed by atoms with van der Waals surface area (Å²) in [5, 5.41) is 7.75. The van der Waals surface area contributed by atoms with Gasteiger partial charge in [-0.15, -0.1) is 0 Å². The summed E-state index contributed by atoms with van der Waals surface area (Å²) >= 11 is 0. The van der Waals surface area contributed by atoms with Crippen LogP contribution in [0.15, 0.2) is 91.0 Å². The number of rotatable bonds is 12. The first-order valence-corrected chi connectivity index (χ1v) is 11.6. The molecule has 3 N–H and O–H groups in total. The molecule has 0 saturated heterocycles. The number of ether oxygens (including phenoxy) is 1. The van der Waals surface area contributed by atoms with Crippen LogP contribution in [0.1, 0.15) is 16.7 Å². The molecule has 0 heterocycles. The Hall–Kier alpha value is -4.46. The van der Waals surface area contributed by atoms with Gasteiger partial charge in [0.2, 0.25) is 11.8 Å². The molecule has 0 aromatic heterocycles. The number of nitrogens with one attached hydrogen (secondary N) is 3. The Balaban J connectivity index is 1.56. The minimum atomic E-state index is -0.944. The standard InChI is InChI=1S/C28H29N3O5/c32-19-24(16-21-10-4-1-5-11-21)30-27(34)25(17-22-12-6-2-7-13-22)31-26(33)18-29-28(35)36-20-23-14-8-3-9-15-23/h1-15,19,24-25H,16-18,20H2,(H,29,35)(H,30,34)(H,31,33). The molecule has 0 aliphatic rings. The Kier molecular flexibility index (Phi) is 10.2. The molecule has 0 aliphatic heterocycles. The second-order valence-corrected chi connectivity index (χ2v) is 8.17. The van der Waals surface area contributed by atoms with Crippen LogP contribution < -0.4 is 16.0 Å². The van der Waals surface area contributed by atoms with Crippen molar-refractivity contribution in [1.29, 1.82) is 0 Å². The third-order valence-corrected chi connectivity index (χ3v) is 5.33. The molecule has 0 radical (unpaired) electrons. The van der Waals surface area contributed by atoms with E-state index in [9.17, 15) is 19.2 Å². The van der Waals surface area contributed by atoms with E-state index in [0.29, 0.717) is 12.7 Å². The van der Waals surface area contributed by atoms with Crippen molar-refractivity contribution in [2.75, 3.05) is 6.54 Å². The Morgan fingerprint density at radius 2 is 1.25 bits per heavy atom. The molecule has 186 valence electrons. The monoisotopic (exact) mass is 487 g/mol. The van der Waals surface area contributed by atoms with Crippen LogP contribution in [0.3, 0.4) is 0 Å². The molecule has 2 unspecified atom stereocenters. The summed E-state index contributed by atoms with van der Waals surface area (Å²) in [6, 6.07) is 26.0. The fourth-order valence-corrected chi connectivity index (χ4v) is 3.52. The number of carbonyl (C=O) groups is 4. The summed E-state index contributed by atoms with van der Waals surface area (Å²) in [4.78, 5) is 49.2. The second kappa shape index (κ2) is 14.1. The van der Waals surface area contributed by atoms with Crippen LogP contribution in [0, 0.1) is 0 Å². The van der Waals surface area contributed by atoms with Crippen LogP contribution in [0.4, 0.5) is 4.79 Å². The number of hydrogen-bond donors (Lipinski definition) is 3. The van der Waals surface area contributed by atoms with Gasteiger partial charge in [-0.05, 0) is 23.1 Å². The predicted molar refractivity (Wildman–Crippen MR) is 135 cm³/mol. The lowest BCUT2D eigenvalue weighted by molar-refractivity contribution is -0.129. The van der Waals surface area contributed by atoms with Gasteiger partial charge in [0.15, 0.2) is 0 Å². The summed E-state index contributed by atoms with van der Waals surface area (Å²) in [5.41, 5.74) is 2.55. The van der Waals surface area contributed by atoms with Crippen LogP contribution in [0.2, 0.25) is 0 Å². The highest BCUT2D eigenvalue weighted by molar-refractivity contribution is 5.90. The first-order chi connectivity index (χ1) is 17.5. The molecule has 36 heavy (non-hydrogen) atoms. The van der Waals surface area contributed by atoms with Crippen LogP contribution in [-0.2, 0) is 38.6 Å². The molecule has 3 rings (SSSR count). The third-order valence-electron chi connectivity index (χ3n) is 5.33. The lowest BCUT2D eigenvalue weighted by Crippen LogP contribution is -2.53. The smallest absolute Gasteiger partial charge is 0.407 e. The maximum atomic E-state index is 13.0. The fraction of sp³-hybridized carbons (Fsp3) is 0.214. The Bertz CT molecular complexity index is 1120. The van der Waals surface area contributed by atoms with E-state index in [1.54, 1.807) is 0 Å². The molecule has 0 spiro atoms. The van der Waals surface area contributed by atoms with Crippen LogP contribution >= 0.6 is 0 Å². The highest BCUT2D eigenvalue weighted by Crippen LogP contribution is 2.06. The van der Waals surface area contributed by atoms with Crippen molar-refractivity contribution >= 4 is 24.2 Å². The summed E-state index contributed by atoms with van der Waals surface area (Å²) < 4.78 is 5.10. The Labute approximate surface area is 210 Å². The van der Waals surface area contributed by atoms with Crippen molar-refractivity contribution in [1.82, 2.24) is 16.0 Å². The maximum absolute atomic E-state index is 13.0. The zero-order valence-corrected chi connectivity index (χ0v) is 19.8. The zero-order chi connectivity index (χ0) is 25.6. The highest BCUT2D eigenvalue weighted by Gasteiger charge is 2.24. The average molecular weight is 488 g/mol. The van der Waals surface area contributed by atoms with E-state index in [-0.39, 0.29) is 19.6 Å². The van der Waals surface area contributed by atoms with Gasteiger partial charge in [-0.25, -0.2) is 4.79 Å². The Morgan fingerprint density at radius 3 is 1.81 bits per heavy atom. The fourth-order valence-electron chi connectivity index (χ4n) is 3.52. The Morgan fingerprint density at radius 1 is 0.722 bits per heavy atom. The van der Waals surface area contributed by atoms with E-state index >= 15 is 0 Å². The summed E-state index contributed by atoms with van der Waals surface area (Å²) in [5.74, 6) is -1.06. The first kappa shape index (κ1) is 26.2. The number of benzene rings is 3.